The zero-order valence-corrected chi connectivity index (χ0v) is 16.2. The summed E-state index contributed by atoms with van der Waals surface area (Å²) in [6.07, 6.45) is 3.05. The first kappa shape index (κ1) is 19.4. The van der Waals surface area contributed by atoms with E-state index in [1.807, 2.05) is 25.1 Å². The lowest BCUT2D eigenvalue weighted by Crippen LogP contribution is -2.17. The van der Waals surface area contributed by atoms with Gasteiger partial charge in [-0.05, 0) is 55.0 Å². The maximum Gasteiger partial charge on any atom is 0.256 e. The second-order valence-electron chi connectivity index (χ2n) is 6.71. The van der Waals surface area contributed by atoms with Gasteiger partial charge in [-0.1, -0.05) is 6.07 Å². The number of hydrogen-bond acceptors (Lipinski definition) is 7. The number of carbonyl (C=O) groups is 1. The normalized spacial score (nSPS) is 10.9. The van der Waals surface area contributed by atoms with Crippen molar-refractivity contribution in [2.75, 3.05) is 11.9 Å². The van der Waals surface area contributed by atoms with E-state index in [0.717, 1.165) is 11.3 Å². The molecule has 0 radical (unpaired) electrons. The molecule has 2 aromatic carbocycles. The molecule has 3 N–H and O–H groups in total. The fourth-order valence-corrected chi connectivity index (χ4v) is 3.17. The van der Waals surface area contributed by atoms with Crippen LogP contribution in [0.4, 0.5) is 11.5 Å². The zero-order chi connectivity index (χ0) is 21.1. The molecule has 0 fully saturated rings. The number of rotatable bonds is 6. The Morgan fingerprint density at radius 2 is 2.03 bits per heavy atom. The van der Waals surface area contributed by atoms with E-state index in [9.17, 15) is 9.90 Å². The summed E-state index contributed by atoms with van der Waals surface area (Å²) in [5, 5.41) is 22.8. The Kier molecular flexibility index (Phi) is 5.32. The van der Waals surface area contributed by atoms with Crippen LogP contribution in [0.15, 0.2) is 61.1 Å². The second-order valence-corrected chi connectivity index (χ2v) is 6.71. The number of anilines is 2. The Morgan fingerprint density at radius 1 is 1.17 bits per heavy atom. The summed E-state index contributed by atoms with van der Waals surface area (Å²) < 4.78 is 7.37. The van der Waals surface area contributed by atoms with E-state index in [4.69, 9.17) is 9.84 Å². The lowest BCUT2D eigenvalue weighted by molar-refractivity contribution is 0.0811. The number of aliphatic hydroxyl groups is 1. The Balaban J connectivity index is 1.66. The third kappa shape index (κ3) is 3.81. The number of phenolic OH excluding ortho intramolecular Hbond substituents is 1. The summed E-state index contributed by atoms with van der Waals surface area (Å²) in [6, 6.07) is 14.2. The average Bonchev–Trinajstić information content (AvgIpc) is 3.23. The van der Waals surface area contributed by atoms with Crippen LogP contribution in [0, 0.1) is 6.92 Å². The number of aromatic hydroxyl groups is 1. The topological polar surface area (TPSA) is 110 Å². The second kappa shape index (κ2) is 8.22. The number of phenols is 1. The van der Waals surface area contributed by atoms with Gasteiger partial charge in [-0.3, -0.25) is 9.36 Å². The van der Waals surface area contributed by atoms with Gasteiger partial charge in [0.05, 0.1) is 16.6 Å². The molecule has 0 aliphatic heterocycles. The number of nitrogens with one attached hydrogen (secondary N) is 1. The minimum absolute atomic E-state index is 0.129. The van der Waals surface area contributed by atoms with Crippen LogP contribution < -0.4 is 10.1 Å². The first-order chi connectivity index (χ1) is 14.6. The highest BCUT2D eigenvalue weighted by Crippen LogP contribution is 2.32. The molecule has 0 atom stereocenters. The molecule has 2 aromatic heterocycles. The fraction of sp³-hybridized carbons (Fsp3) is 0.136. The van der Waals surface area contributed by atoms with Gasteiger partial charge in [0, 0.05) is 11.9 Å². The van der Waals surface area contributed by atoms with Gasteiger partial charge >= 0.3 is 0 Å². The van der Waals surface area contributed by atoms with Crippen LogP contribution in [0.25, 0.3) is 10.9 Å². The average molecular weight is 404 g/mol. The van der Waals surface area contributed by atoms with Crippen molar-refractivity contribution in [3.63, 3.8) is 0 Å². The predicted octanol–water partition coefficient (Wildman–Crippen LogP) is 3.40. The van der Waals surface area contributed by atoms with Gasteiger partial charge in [0.15, 0.2) is 0 Å². The molecule has 0 saturated carbocycles. The molecule has 0 saturated heterocycles. The van der Waals surface area contributed by atoms with Crippen molar-refractivity contribution >= 4 is 28.3 Å². The van der Waals surface area contributed by atoms with Crippen molar-refractivity contribution in [2.24, 2.45) is 0 Å². The largest absolute Gasteiger partial charge is 0.508 e. The van der Waals surface area contributed by atoms with E-state index >= 15 is 0 Å². The zero-order valence-electron chi connectivity index (χ0n) is 16.2. The number of aryl methyl sites for hydroxylation is 1. The van der Waals surface area contributed by atoms with Crippen molar-refractivity contribution in [1.29, 1.82) is 0 Å². The summed E-state index contributed by atoms with van der Waals surface area (Å²) in [4.78, 5) is 20.5. The maximum atomic E-state index is 11.8. The molecule has 30 heavy (non-hydrogen) atoms. The minimum atomic E-state index is -0.579. The van der Waals surface area contributed by atoms with Gasteiger partial charge in [0.1, 0.15) is 36.9 Å². The van der Waals surface area contributed by atoms with E-state index in [2.05, 4.69) is 15.3 Å². The van der Waals surface area contributed by atoms with Crippen molar-refractivity contribution in [3.8, 4) is 11.5 Å². The van der Waals surface area contributed by atoms with Crippen molar-refractivity contribution in [2.45, 2.75) is 13.5 Å². The third-order valence-corrected chi connectivity index (χ3v) is 4.70. The molecule has 8 nitrogen and oxygen atoms in total. The summed E-state index contributed by atoms with van der Waals surface area (Å²) >= 11 is 0. The van der Waals surface area contributed by atoms with Gasteiger partial charge in [-0.2, -0.15) is 0 Å². The molecule has 0 unspecified atom stereocenters. The molecule has 0 aliphatic carbocycles. The van der Waals surface area contributed by atoms with Crippen LogP contribution in [0.1, 0.15) is 16.1 Å². The number of ether oxygens (including phenoxy) is 1. The number of aromatic nitrogens is 3. The van der Waals surface area contributed by atoms with Gasteiger partial charge in [0.2, 0.25) is 0 Å². The highest BCUT2D eigenvalue weighted by molar-refractivity contribution is 5.95. The number of nitrogens with zero attached hydrogens (tertiary/aromatic N) is 3. The molecule has 4 rings (SSSR count). The van der Waals surface area contributed by atoms with Crippen molar-refractivity contribution in [1.82, 2.24) is 14.5 Å². The molecule has 0 amide bonds. The molecule has 8 heteroatoms. The molecule has 0 bridgehead atoms. The van der Waals surface area contributed by atoms with Crippen LogP contribution in [-0.2, 0) is 6.61 Å². The summed E-state index contributed by atoms with van der Waals surface area (Å²) in [5.41, 5.74) is 2.82. The van der Waals surface area contributed by atoms with Gasteiger partial charge in [0.25, 0.3) is 5.91 Å². The smallest absolute Gasteiger partial charge is 0.256 e. The van der Waals surface area contributed by atoms with Crippen LogP contribution in [0.2, 0.25) is 0 Å². The minimum Gasteiger partial charge on any atom is -0.508 e. The van der Waals surface area contributed by atoms with Crippen molar-refractivity contribution < 1.29 is 19.7 Å². The molecular weight excluding hydrogens is 384 g/mol. The Bertz CT molecular complexity index is 1210. The SMILES string of the molecule is Cc1cc(Nc2ncnc3cccc(OCc4cccn4C(=O)CO)c23)ccc1O. The van der Waals surface area contributed by atoms with Crippen LogP contribution >= 0.6 is 0 Å². The lowest BCUT2D eigenvalue weighted by Gasteiger charge is -2.14. The lowest BCUT2D eigenvalue weighted by atomic mass is 10.2. The molecule has 2 heterocycles. The van der Waals surface area contributed by atoms with Gasteiger partial charge < -0.3 is 20.3 Å². The Morgan fingerprint density at radius 3 is 2.83 bits per heavy atom. The van der Waals surface area contributed by atoms with E-state index in [1.54, 1.807) is 36.5 Å². The van der Waals surface area contributed by atoms with E-state index in [0.29, 0.717) is 28.2 Å². The molecule has 0 spiro atoms. The van der Waals surface area contributed by atoms with Crippen LogP contribution in [-0.4, -0.2) is 37.3 Å². The summed E-state index contributed by atoms with van der Waals surface area (Å²) in [6.45, 7) is 1.37. The standard InChI is InChI=1S/C22H20N4O4/c1-14-10-15(7-8-18(14)28)25-22-21-17(23-13-24-22)5-2-6-19(21)30-12-16-4-3-9-26(16)20(29)11-27/h2-10,13,27-28H,11-12H2,1H3,(H,23,24,25). The number of hydrogen-bond donors (Lipinski definition) is 3. The van der Waals surface area contributed by atoms with E-state index < -0.39 is 12.5 Å². The molecule has 4 aromatic rings. The summed E-state index contributed by atoms with van der Waals surface area (Å²) in [7, 11) is 0. The number of benzene rings is 2. The first-order valence-electron chi connectivity index (χ1n) is 9.30. The third-order valence-electron chi connectivity index (χ3n) is 4.70. The Hall–Kier alpha value is -3.91. The molecular formula is C22H20N4O4. The van der Waals surface area contributed by atoms with Gasteiger partial charge in [-0.25, -0.2) is 9.97 Å². The fourth-order valence-electron chi connectivity index (χ4n) is 3.17. The number of fused-ring (bicyclic) bond motifs is 1. The molecule has 0 aliphatic rings. The maximum absolute atomic E-state index is 11.8. The predicted molar refractivity (Wildman–Crippen MR) is 112 cm³/mol. The van der Waals surface area contributed by atoms with Gasteiger partial charge in [-0.15, -0.1) is 0 Å². The van der Waals surface area contributed by atoms with E-state index in [-0.39, 0.29) is 12.4 Å². The quantitative estimate of drug-likeness (QED) is 0.423. The number of carbonyl (C=O) groups excluding carboxylic acids is 1. The highest BCUT2D eigenvalue weighted by Gasteiger charge is 2.13. The first-order valence-corrected chi connectivity index (χ1v) is 9.30. The monoisotopic (exact) mass is 404 g/mol. The van der Waals surface area contributed by atoms with Crippen LogP contribution in [0.5, 0.6) is 11.5 Å². The van der Waals surface area contributed by atoms with Crippen molar-refractivity contribution in [3.05, 3.63) is 72.3 Å². The summed E-state index contributed by atoms with van der Waals surface area (Å²) in [5.74, 6) is 0.903. The van der Waals surface area contributed by atoms with Crippen LogP contribution in [0.3, 0.4) is 0 Å². The molecule has 152 valence electrons. The van der Waals surface area contributed by atoms with E-state index in [1.165, 1.54) is 10.9 Å². The number of aliphatic hydroxyl groups excluding tert-OH is 1. The Labute approximate surface area is 172 Å². The highest BCUT2D eigenvalue weighted by atomic mass is 16.5.